The number of nitrogens with zero attached hydrogens (tertiary/aromatic N) is 1. The van der Waals surface area contributed by atoms with E-state index in [0.29, 0.717) is 36.5 Å². The van der Waals surface area contributed by atoms with Gasteiger partial charge in [-0.15, -0.1) is 0 Å². The van der Waals surface area contributed by atoms with Crippen molar-refractivity contribution < 1.29 is 19.1 Å². The van der Waals surface area contributed by atoms with Crippen molar-refractivity contribution in [2.75, 3.05) is 33.8 Å². The van der Waals surface area contributed by atoms with Crippen LogP contribution in [0.1, 0.15) is 101 Å². The molecular formula is C33H61N3O4. The van der Waals surface area contributed by atoms with Crippen LogP contribution < -0.4 is 10.6 Å². The number of rotatable bonds is 10. The lowest BCUT2D eigenvalue weighted by Gasteiger charge is -2.17. The van der Waals surface area contributed by atoms with E-state index in [9.17, 15) is 14.4 Å². The second-order valence-electron chi connectivity index (χ2n) is 12.2. The van der Waals surface area contributed by atoms with Gasteiger partial charge < -0.3 is 20.3 Å². The first-order valence-electron chi connectivity index (χ1n) is 14.4. The van der Waals surface area contributed by atoms with Crippen LogP contribution in [-0.4, -0.2) is 62.5 Å². The zero-order valence-corrected chi connectivity index (χ0v) is 28.1. The monoisotopic (exact) mass is 563 g/mol. The summed E-state index contributed by atoms with van der Waals surface area (Å²) < 4.78 is 4.87. The lowest BCUT2D eigenvalue weighted by atomic mass is 10.0. The third-order valence-electron chi connectivity index (χ3n) is 4.64. The zero-order chi connectivity index (χ0) is 31.9. The van der Waals surface area contributed by atoms with Gasteiger partial charge in [0.25, 0.3) is 0 Å². The minimum absolute atomic E-state index is 0.0398. The highest BCUT2D eigenvalue weighted by atomic mass is 16.5. The van der Waals surface area contributed by atoms with Gasteiger partial charge in [0.1, 0.15) is 0 Å². The quantitative estimate of drug-likeness (QED) is 0.248. The third kappa shape index (κ3) is 29.9. The van der Waals surface area contributed by atoms with Gasteiger partial charge in [-0.05, 0) is 57.1 Å². The van der Waals surface area contributed by atoms with Gasteiger partial charge in [-0.25, -0.2) is 4.79 Å². The number of hydrogen-bond acceptors (Lipinski definition) is 5. The summed E-state index contributed by atoms with van der Waals surface area (Å²) >= 11 is 0. The molecule has 2 N–H and O–H groups in total. The molecule has 2 amide bonds. The Hall–Kier alpha value is -2.67. The standard InChI is InChI=1S/C15H27N3O4.C9H12.C5H12.C4H10/c1-6-22-15(21)11(2)8-7-9-18(5)13(19)10-17-14(20)12(3)16-4;1-8(2)9-6-4-3-5-7-9;1-5(2,3)4;1-4(2)3/h8,12,16H,6-7,9-10H2,1-5H3,(H,17,20);3-8H,1-2H3;1-4H3;4H,1-3H3/b11-8+;;;. The maximum Gasteiger partial charge on any atom is 0.333 e. The number of esters is 1. The molecule has 0 fully saturated rings. The molecule has 0 bridgehead atoms. The Kier molecular flexibility index (Phi) is 25.2. The van der Waals surface area contributed by atoms with Gasteiger partial charge in [0.05, 0.1) is 19.2 Å². The summed E-state index contributed by atoms with van der Waals surface area (Å²) in [7, 11) is 3.33. The Morgan fingerprint density at radius 3 is 1.82 bits per heavy atom. The maximum absolute atomic E-state index is 11.8. The molecule has 1 rings (SSSR count). The number of nitrogens with one attached hydrogen (secondary N) is 2. The first kappa shape index (κ1) is 41.8. The van der Waals surface area contributed by atoms with Crippen molar-refractivity contribution in [3.05, 3.63) is 47.5 Å². The average Bonchev–Trinajstić information content (AvgIpc) is 2.86. The van der Waals surface area contributed by atoms with Crippen molar-refractivity contribution in [2.45, 2.75) is 101 Å². The van der Waals surface area contributed by atoms with Crippen LogP contribution in [0.3, 0.4) is 0 Å². The van der Waals surface area contributed by atoms with Gasteiger partial charge in [-0.2, -0.15) is 0 Å². The Bertz CT molecular complexity index is 819. The minimum atomic E-state index is -0.343. The smallest absolute Gasteiger partial charge is 0.333 e. The van der Waals surface area contributed by atoms with E-state index in [0.717, 1.165) is 5.92 Å². The molecule has 1 aromatic rings. The predicted octanol–water partition coefficient (Wildman–Crippen LogP) is 6.59. The van der Waals surface area contributed by atoms with Crippen molar-refractivity contribution in [3.63, 3.8) is 0 Å². The van der Waals surface area contributed by atoms with E-state index >= 15 is 0 Å². The number of hydrogen-bond donors (Lipinski definition) is 2. The summed E-state index contributed by atoms with van der Waals surface area (Å²) in [5.41, 5.74) is 2.44. The van der Waals surface area contributed by atoms with Crippen LogP contribution in [-0.2, 0) is 19.1 Å². The van der Waals surface area contributed by atoms with E-state index in [1.807, 2.05) is 6.07 Å². The fourth-order valence-corrected chi connectivity index (χ4v) is 2.35. The molecule has 0 aliphatic carbocycles. The molecular weight excluding hydrogens is 502 g/mol. The van der Waals surface area contributed by atoms with E-state index < -0.39 is 0 Å². The molecule has 232 valence electrons. The Balaban J connectivity index is -0.000000612. The molecule has 0 aliphatic rings. The minimum Gasteiger partial charge on any atom is -0.463 e. The second-order valence-corrected chi connectivity index (χ2v) is 12.2. The Labute approximate surface area is 246 Å². The molecule has 0 spiro atoms. The molecule has 0 saturated carbocycles. The molecule has 7 nitrogen and oxygen atoms in total. The lowest BCUT2D eigenvalue weighted by Crippen LogP contribution is -2.45. The number of amides is 2. The second kappa shape index (κ2) is 24.2. The third-order valence-corrected chi connectivity index (χ3v) is 4.64. The van der Waals surface area contributed by atoms with Crippen molar-refractivity contribution >= 4 is 17.8 Å². The van der Waals surface area contributed by atoms with Crippen LogP contribution in [0.4, 0.5) is 0 Å². The van der Waals surface area contributed by atoms with Crippen LogP contribution >= 0.6 is 0 Å². The molecule has 40 heavy (non-hydrogen) atoms. The average molecular weight is 564 g/mol. The first-order valence-corrected chi connectivity index (χ1v) is 14.4. The van der Waals surface area contributed by atoms with Crippen LogP contribution in [0.15, 0.2) is 42.0 Å². The van der Waals surface area contributed by atoms with Crippen LogP contribution in [0, 0.1) is 11.3 Å². The molecule has 0 radical (unpaired) electrons. The van der Waals surface area contributed by atoms with Gasteiger partial charge in [0.2, 0.25) is 11.8 Å². The van der Waals surface area contributed by atoms with Gasteiger partial charge in [0.15, 0.2) is 0 Å². The highest BCUT2D eigenvalue weighted by molar-refractivity contribution is 5.88. The summed E-state index contributed by atoms with van der Waals surface area (Å²) in [5.74, 6) is 0.747. The summed E-state index contributed by atoms with van der Waals surface area (Å²) in [6.45, 7) is 25.6. The summed E-state index contributed by atoms with van der Waals surface area (Å²) in [6, 6.07) is 10.2. The SMILES string of the molecule is CC(C)(C)C.CC(C)C.CC(C)c1ccccc1.CCOC(=O)/C(C)=C/CCN(C)C(=O)CNC(=O)C(C)NC. The van der Waals surface area contributed by atoms with Crippen molar-refractivity contribution in [3.8, 4) is 0 Å². The highest BCUT2D eigenvalue weighted by Crippen LogP contribution is 2.11. The normalized spacial score (nSPS) is 11.6. The van der Waals surface area contributed by atoms with Crippen LogP contribution in [0.25, 0.3) is 0 Å². The fourth-order valence-electron chi connectivity index (χ4n) is 2.35. The summed E-state index contributed by atoms with van der Waals surface area (Å²) in [4.78, 5) is 36.3. The lowest BCUT2D eigenvalue weighted by molar-refractivity contribution is -0.138. The van der Waals surface area contributed by atoms with E-state index in [1.165, 1.54) is 10.5 Å². The molecule has 7 heteroatoms. The molecule has 0 heterocycles. The number of carbonyl (C=O) groups is 3. The van der Waals surface area contributed by atoms with Crippen molar-refractivity contribution in [1.29, 1.82) is 0 Å². The Morgan fingerprint density at radius 1 is 0.975 bits per heavy atom. The summed E-state index contributed by atoms with van der Waals surface area (Å²) in [5, 5.41) is 5.36. The highest BCUT2D eigenvalue weighted by Gasteiger charge is 2.13. The predicted molar refractivity (Wildman–Crippen MR) is 170 cm³/mol. The van der Waals surface area contributed by atoms with E-state index in [-0.39, 0.29) is 30.4 Å². The number of likely N-dealkylation sites (N-methyl/N-ethyl adjacent to an activating group) is 2. The Morgan fingerprint density at radius 2 is 1.45 bits per heavy atom. The topological polar surface area (TPSA) is 87.7 Å². The maximum atomic E-state index is 11.8. The van der Waals surface area contributed by atoms with E-state index in [2.05, 4.69) is 97.2 Å². The van der Waals surface area contributed by atoms with Gasteiger partial charge in [-0.1, -0.05) is 98.7 Å². The summed E-state index contributed by atoms with van der Waals surface area (Å²) in [6.07, 6.45) is 2.29. The van der Waals surface area contributed by atoms with Gasteiger partial charge in [0, 0.05) is 19.2 Å². The fraction of sp³-hybridized carbons (Fsp3) is 0.667. The molecule has 1 atom stereocenters. The van der Waals surface area contributed by atoms with E-state index in [4.69, 9.17) is 4.74 Å². The molecule has 0 aromatic heterocycles. The van der Waals surface area contributed by atoms with Crippen molar-refractivity contribution in [2.24, 2.45) is 11.3 Å². The zero-order valence-electron chi connectivity index (χ0n) is 28.1. The molecule has 1 unspecified atom stereocenters. The molecule has 0 aliphatic heterocycles. The molecule has 1 aromatic carbocycles. The number of benzene rings is 1. The van der Waals surface area contributed by atoms with Gasteiger partial charge >= 0.3 is 5.97 Å². The first-order chi connectivity index (χ1) is 18.4. The van der Waals surface area contributed by atoms with Crippen LogP contribution in [0.5, 0.6) is 0 Å². The van der Waals surface area contributed by atoms with E-state index in [1.54, 1.807) is 40.9 Å². The van der Waals surface area contributed by atoms with Crippen LogP contribution in [0.2, 0.25) is 0 Å². The molecule has 0 saturated heterocycles. The largest absolute Gasteiger partial charge is 0.463 e. The number of carbonyl (C=O) groups excluding carboxylic acids is 3. The van der Waals surface area contributed by atoms with Gasteiger partial charge in [-0.3, -0.25) is 9.59 Å². The van der Waals surface area contributed by atoms with Crippen molar-refractivity contribution in [1.82, 2.24) is 15.5 Å². The number of ether oxygens (including phenoxy) is 1.